The van der Waals surface area contributed by atoms with Crippen LogP contribution >= 0.6 is 0 Å². The van der Waals surface area contributed by atoms with E-state index in [9.17, 15) is 9.59 Å². The number of hydrogen-bond acceptors (Lipinski definition) is 6. The first kappa shape index (κ1) is 17.3. The first-order valence-corrected chi connectivity index (χ1v) is 7.71. The molecule has 3 rings (SSSR count). The summed E-state index contributed by atoms with van der Waals surface area (Å²) in [6.07, 6.45) is 0. The molecule has 0 unspecified atom stereocenters. The summed E-state index contributed by atoms with van der Waals surface area (Å²) in [5, 5.41) is 3.23. The molecule has 0 fully saturated rings. The van der Waals surface area contributed by atoms with Gasteiger partial charge in [-0.3, -0.25) is 4.79 Å². The molecular weight excluding hydrogens is 338 g/mol. The topological polar surface area (TPSA) is 87.0 Å². The Balaban J connectivity index is 2.00. The van der Waals surface area contributed by atoms with Crippen LogP contribution in [0.1, 0.15) is 10.4 Å². The molecule has 7 nitrogen and oxygen atoms in total. The van der Waals surface area contributed by atoms with Gasteiger partial charge in [-0.15, -0.1) is 0 Å². The van der Waals surface area contributed by atoms with Crippen molar-refractivity contribution in [2.75, 3.05) is 26.6 Å². The van der Waals surface area contributed by atoms with E-state index in [0.717, 1.165) is 0 Å². The van der Waals surface area contributed by atoms with Gasteiger partial charge in [0.05, 0.1) is 27.0 Å². The number of benzene rings is 2. The Hall–Kier alpha value is -3.48. The van der Waals surface area contributed by atoms with Crippen LogP contribution in [0.3, 0.4) is 0 Å². The molecule has 0 aliphatic heterocycles. The van der Waals surface area contributed by atoms with Crippen LogP contribution in [0.25, 0.3) is 11.0 Å². The summed E-state index contributed by atoms with van der Waals surface area (Å²) < 4.78 is 20.7. The molecule has 0 saturated heterocycles. The van der Waals surface area contributed by atoms with E-state index in [4.69, 9.17) is 18.6 Å². The summed E-state index contributed by atoms with van der Waals surface area (Å²) in [5.74, 6) is 0.949. The standard InChI is InChI=1S/C19H17NO6/c1-23-12-4-6-16-11(8-12)9-14(19(22)26-16)18(21)20-15-10-13(24-2)5-7-17(15)25-3/h4-10H,1-3H3,(H,20,21). The van der Waals surface area contributed by atoms with Gasteiger partial charge in [0.25, 0.3) is 5.91 Å². The van der Waals surface area contributed by atoms with Gasteiger partial charge >= 0.3 is 5.63 Å². The molecule has 1 aromatic heterocycles. The molecule has 1 heterocycles. The minimum atomic E-state index is -0.734. The highest BCUT2D eigenvalue weighted by Gasteiger charge is 2.16. The van der Waals surface area contributed by atoms with E-state index in [2.05, 4.69) is 5.32 Å². The van der Waals surface area contributed by atoms with Crippen LogP contribution in [-0.2, 0) is 0 Å². The molecule has 1 amide bonds. The Labute approximate surface area is 149 Å². The number of methoxy groups -OCH3 is 3. The van der Waals surface area contributed by atoms with Crippen LogP contribution in [-0.4, -0.2) is 27.2 Å². The van der Waals surface area contributed by atoms with Crippen LogP contribution < -0.4 is 25.2 Å². The Kier molecular flexibility index (Phi) is 4.79. The van der Waals surface area contributed by atoms with Crippen molar-refractivity contribution in [3.8, 4) is 17.2 Å². The van der Waals surface area contributed by atoms with Crippen molar-refractivity contribution in [1.29, 1.82) is 0 Å². The summed E-state index contributed by atoms with van der Waals surface area (Å²) in [5.41, 5.74) is -0.119. The Morgan fingerprint density at radius 2 is 1.62 bits per heavy atom. The first-order valence-electron chi connectivity index (χ1n) is 7.71. The third kappa shape index (κ3) is 3.32. The number of nitrogens with one attached hydrogen (secondary N) is 1. The SMILES string of the molecule is COc1ccc(OC)c(NC(=O)c2cc3cc(OC)ccc3oc2=O)c1. The maximum absolute atomic E-state index is 12.6. The predicted molar refractivity (Wildman–Crippen MR) is 96.5 cm³/mol. The molecule has 0 spiro atoms. The normalized spacial score (nSPS) is 10.4. The zero-order valence-corrected chi connectivity index (χ0v) is 14.5. The number of rotatable bonds is 5. The highest BCUT2D eigenvalue weighted by atomic mass is 16.5. The van der Waals surface area contributed by atoms with Gasteiger partial charge in [-0.1, -0.05) is 0 Å². The molecule has 0 aliphatic rings. The average molecular weight is 355 g/mol. The van der Waals surface area contributed by atoms with Crippen LogP contribution in [0, 0.1) is 0 Å². The van der Waals surface area contributed by atoms with Gasteiger partial charge in [0.1, 0.15) is 28.4 Å². The van der Waals surface area contributed by atoms with Gasteiger partial charge in [-0.2, -0.15) is 0 Å². The van der Waals surface area contributed by atoms with Crippen molar-refractivity contribution in [2.24, 2.45) is 0 Å². The number of amides is 1. The van der Waals surface area contributed by atoms with Gasteiger partial charge in [-0.25, -0.2) is 4.79 Å². The maximum atomic E-state index is 12.6. The minimum Gasteiger partial charge on any atom is -0.497 e. The largest absolute Gasteiger partial charge is 0.497 e. The quantitative estimate of drug-likeness (QED) is 0.708. The van der Waals surface area contributed by atoms with Crippen LogP contribution in [0.15, 0.2) is 51.7 Å². The lowest BCUT2D eigenvalue weighted by molar-refractivity contribution is 0.102. The molecule has 7 heteroatoms. The van der Waals surface area contributed by atoms with Gasteiger partial charge in [-0.05, 0) is 36.4 Å². The van der Waals surface area contributed by atoms with Gasteiger partial charge in [0, 0.05) is 11.5 Å². The highest BCUT2D eigenvalue weighted by molar-refractivity contribution is 6.06. The molecule has 0 atom stereocenters. The second-order valence-electron chi connectivity index (χ2n) is 5.37. The Morgan fingerprint density at radius 3 is 2.31 bits per heavy atom. The first-order chi connectivity index (χ1) is 12.5. The number of hydrogen-bond donors (Lipinski definition) is 1. The van der Waals surface area contributed by atoms with E-state index in [1.165, 1.54) is 27.4 Å². The van der Waals surface area contributed by atoms with Crippen molar-refractivity contribution >= 4 is 22.6 Å². The number of carbonyl (C=O) groups excluding carboxylic acids is 1. The van der Waals surface area contributed by atoms with Crippen LogP contribution in [0.4, 0.5) is 5.69 Å². The minimum absolute atomic E-state index is 0.129. The van der Waals surface area contributed by atoms with E-state index in [-0.39, 0.29) is 5.56 Å². The number of carbonyl (C=O) groups is 1. The van der Waals surface area contributed by atoms with Crippen molar-refractivity contribution in [2.45, 2.75) is 0 Å². The molecule has 0 aliphatic carbocycles. The predicted octanol–water partition coefficient (Wildman–Crippen LogP) is 3.07. The number of ether oxygens (including phenoxy) is 3. The summed E-state index contributed by atoms with van der Waals surface area (Å²) in [6, 6.07) is 11.4. The molecule has 2 aromatic carbocycles. The van der Waals surface area contributed by atoms with E-state index in [1.807, 2.05) is 0 Å². The summed E-state index contributed by atoms with van der Waals surface area (Å²) in [6.45, 7) is 0. The third-order valence-electron chi connectivity index (χ3n) is 3.84. The molecule has 1 N–H and O–H groups in total. The van der Waals surface area contributed by atoms with Gasteiger partial charge in [0.15, 0.2) is 0 Å². The summed E-state index contributed by atoms with van der Waals surface area (Å²) in [7, 11) is 4.52. The molecule has 26 heavy (non-hydrogen) atoms. The molecule has 134 valence electrons. The van der Waals surface area contributed by atoms with E-state index in [1.54, 1.807) is 36.4 Å². The van der Waals surface area contributed by atoms with Gasteiger partial charge in [0.2, 0.25) is 0 Å². The maximum Gasteiger partial charge on any atom is 0.349 e. The smallest absolute Gasteiger partial charge is 0.349 e. The molecule has 0 radical (unpaired) electrons. The highest BCUT2D eigenvalue weighted by Crippen LogP contribution is 2.29. The molecular formula is C19H17NO6. The lowest BCUT2D eigenvalue weighted by Crippen LogP contribution is -2.21. The van der Waals surface area contributed by atoms with Crippen molar-refractivity contribution < 1.29 is 23.4 Å². The summed E-state index contributed by atoms with van der Waals surface area (Å²) in [4.78, 5) is 24.8. The van der Waals surface area contributed by atoms with Gasteiger partial charge < -0.3 is 23.9 Å². The van der Waals surface area contributed by atoms with E-state index >= 15 is 0 Å². The van der Waals surface area contributed by atoms with Crippen LogP contribution in [0.2, 0.25) is 0 Å². The van der Waals surface area contributed by atoms with E-state index in [0.29, 0.717) is 33.9 Å². The second kappa shape index (κ2) is 7.18. The zero-order valence-electron chi connectivity index (χ0n) is 14.5. The molecule has 3 aromatic rings. The third-order valence-corrected chi connectivity index (χ3v) is 3.84. The lowest BCUT2D eigenvalue weighted by atomic mass is 10.1. The lowest BCUT2D eigenvalue weighted by Gasteiger charge is -2.11. The molecule has 0 bridgehead atoms. The monoisotopic (exact) mass is 355 g/mol. The Bertz CT molecular complexity index is 1020. The van der Waals surface area contributed by atoms with Crippen molar-refractivity contribution in [3.63, 3.8) is 0 Å². The fraction of sp³-hybridized carbons (Fsp3) is 0.158. The number of anilines is 1. The second-order valence-corrected chi connectivity index (χ2v) is 5.37. The average Bonchev–Trinajstić information content (AvgIpc) is 2.66. The van der Waals surface area contributed by atoms with Crippen LogP contribution in [0.5, 0.6) is 17.2 Å². The zero-order chi connectivity index (χ0) is 18.7. The molecule has 0 saturated carbocycles. The number of fused-ring (bicyclic) bond motifs is 1. The fourth-order valence-corrected chi connectivity index (χ4v) is 2.49. The van der Waals surface area contributed by atoms with Crippen molar-refractivity contribution in [1.82, 2.24) is 0 Å². The fourth-order valence-electron chi connectivity index (χ4n) is 2.49. The van der Waals surface area contributed by atoms with E-state index < -0.39 is 11.5 Å². The van der Waals surface area contributed by atoms with Crippen molar-refractivity contribution in [3.05, 3.63) is 58.4 Å². The Morgan fingerprint density at radius 1 is 0.923 bits per heavy atom. The summed E-state index contributed by atoms with van der Waals surface area (Å²) >= 11 is 0.